The van der Waals surface area contributed by atoms with E-state index >= 15 is 0 Å². The molecule has 3 heterocycles. The smallest absolute Gasteiger partial charge is 0.225 e. The van der Waals surface area contributed by atoms with Crippen LogP contribution in [-0.4, -0.2) is 49.8 Å². The molecule has 25 heavy (non-hydrogen) atoms. The molecule has 7 nitrogen and oxygen atoms in total. The summed E-state index contributed by atoms with van der Waals surface area (Å²) in [5, 5.41) is 3.32. The van der Waals surface area contributed by atoms with Gasteiger partial charge in [-0.2, -0.15) is 0 Å². The summed E-state index contributed by atoms with van der Waals surface area (Å²) >= 11 is 0. The number of nitrogens with one attached hydrogen (secondary N) is 1. The minimum absolute atomic E-state index is 0.0866. The molecule has 134 valence electrons. The lowest BCUT2D eigenvalue weighted by molar-refractivity contribution is 0.447. The van der Waals surface area contributed by atoms with Crippen molar-refractivity contribution in [3.8, 4) is 0 Å². The van der Waals surface area contributed by atoms with Gasteiger partial charge in [-0.05, 0) is 31.5 Å². The molecule has 0 saturated carbocycles. The summed E-state index contributed by atoms with van der Waals surface area (Å²) in [7, 11) is -1.49. The normalized spacial score (nSPS) is 18.1. The van der Waals surface area contributed by atoms with Gasteiger partial charge in [0.15, 0.2) is 9.84 Å². The molecule has 1 saturated heterocycles. The van der Waals surface area contributed by atoms with Crippen molar-refractivity contribution in [2.45, 2.75) is 30.2 Å². The second kappa shape index (κ2) is 7.45. The van der Waals surface area contributed by atoms with Crippen LogP contribution in [0, 0.1) is 0 Å². The van der Waals surface area contributed by atoms with Crippen LogP contribution in [-0.2, 0) is 16.4 Å². The minimum Gasteiger partial charge on any atom is -0.338 e. The Morgan fingerprint density at radius 3 is 2.80 bits per heavy atom. The number of pyridine rings is 1. The largest absolute Gasteiger partial charge is 0.338 e. The number of hydrogen-bond acceptors (Lipinski definition) is 7. The third-order valence-electron chi connectivity index (χ3n) is 4.32. The molecular weight excluding hydrogens is 338 g/mol. The van der Waals surface area contributed by atoms with E-state index in [0.717, 1.165) is 31.6 Å². The van der Waals surface area contributed by atoms with Gasteiger partial charge in [0.25, 0.3) is 0 Å². The van der Waals surface area contributed by atoms with Crippen molar-refractivity contribution in [1.29, 1.82) is 0 Å². The monoisotopic (exact) mass is 361 g/mol. The number of hydrogen-bond donors (Lipinski definition) is 1. The Balaban J connectivity index is 1.92. The first-order valence-electron chi connectivity index (χ1n) is 8.34. The van der Waals surface area contributed by atoms with E-state index in [1.54, 1.807) is 6.20 Å². The van der Waals surface area contributed by atoms with E-state index in [1.165, 1.54) is 12.5 Å². The van der Waals surface area contributed by atoms with E-state index in [9.17, 15) is 8.42 Å². The first kappa shape index (κ1) is 17.8. The van der Waals surface area contributed by atoms with Crippen molar-refractivity contribution in [2.75, 3.05) is 31.3 Å². The van der Waals surface area contributed by atoms with Crippen molar-refractivity contribution in [3.63, 3.8) is 0 Å². The molecule has 1 aliphatic rings. The van der Waals surface area contributed by atoms with Crippen LogP contribution in [0.1, 0.15) is 30.1 Å². The van der Waals surface area contributed by atoms with E-state index < -0.39 is 9.84 Å². The van der Waals surface area contributed by atoms with Crippen LogP contribution in [0.2, 0.25) is 0 Å². The van der Waals surface area contributed by atoms with Crippen LogP contribution in [0.3, 0.4) is 0 Å². The third-order valence-corrected chi connectivity index (χ3v) is 5.43. The first-order valence-corrected chi connectivity index (χ1v) is 10.2. The first-order chi connectivity index (χ1) is 11.9. The standard InChI is InChI=1S/C17H23N5O2S/c1-22(12-14-7-3-4-9-19-14)17-20-11-15(25(2,23)24)16(21-17)13-6-5-8-18-10-13/h3-4,7,9,11,13,18H,5-6,8,10,12H2,1-2H3/t13-/m0/s1. The Morgan fingerprint density at radius 2 is 2.16 bits per heavy atom. The van der Waals surface area contributed by atoms with Crippen molar-refractivity contribution >= 4 is 15.8 Å². The molecular formula is C17H23N5O2S. The van der Waals surface area contributed by atoms with Gasteiger partial charge in [-0.1, -0.05) is 6.07 Å². The summed E-state index contributed by atoms with van der Waals surface area (Å²) < 4.78 is 24.3. The maximum atomic E-state index is 12.1. The zero-order valence-corrected chi connectivity index (χ0v) is 15.3. The van der Waals surface area contributed by atoms with E-state index in [-0.39, 0.29) is 10.8 Å². The fraction of sp³-hybridized carbons (Fsp3) is 0.471. The highest BCUT2D eigenvalue weighted by molar-refractivity contribution is 7.90. The summed E-state index contributed by atoms with van der Waals surface area (Å²) in [6.45, 7) is 2.26. The number of anilines is 1. The van der Waals surface area contributed by atoms with Gasteiger partial charge in [-0.3, -0.25) is 4.98 Å². The molecule has 0 unspecified atom stereocenters. The highest BCUT2D eigenvalue weighted by atomic mass is 32.2. The summed E-state index contributed by atoms with van der Waals surface area (Å²) in [6.07, 6.45) is 6.34. The van der Waals surface area contributed by atoms with Crippen molar-refractivity contribution in [1.82, 2.24) is 20.3 Å². The van der Waals surface area contributed by atoms with Crippen molar-refractivity contribution in [2.24, 2.45) is 0 Å². The fourth-order valence-corrected chi connectivity index (χ4v) is 3.86. The molecule has 2 aromatic rings. The number of rotatable bonds is 5. The zero-order chi connectivity index (χ0) is 17.9. The van der Waals surface area contributed by atoms with Gasteiger partial charge >= 0.3 is 0 Å². The number of nitrogens with zero attached hydrogens (tertiary/aromatic N) is 4. The van der Waals surface area contributed by atoms with Crippen LogP contribution >= 0.6 is 0 Å². The van der Waals surface area contributed by atoms with Gasteiger partial charge in [0.05, 0.1) is 24.1 Å². The highest BCUT2D eigenvalue weighted by Gasteiger charge is 2.25. The number of sulfone groups is 1. The maximum Gasteiger partial charge on any atom is 0.225 e. The summed E-state index contributed by atoms with van der Waals surface area (Å²) in [5.41, 5.74) is 1.52. The second-order valence-electron chi connectivity index (χ2n) is 6.41. The molecule has 1 aliphatic heterocycles. The average molecular weight is 361 g/mol. The van der Waals surface area contributed by atoms with Gasteiger partial charge in [0.2, 0.25) is 5.95 Å². The van der Waals surface area contributed by atoms with E-state index in [0.29, 0.717) is 18.2 Å². The molecule has 1 fully saturated rings. The molecule has 0 radical (unpaired) electrons. The summed E-state index contributed by atoms with van der Waals surface area (Å²) in [6, 6.07) is 5.74. The van der Waals surface area contributed by atoms with Gasteiger partial charge < -0.3 is 10.2 Å². The Labute approximate surface area is 148 Å². The summed E-state index contributed by atoms with van der Waals surface area (Å²) in [4.78, 5) is 15.3. The molecule has 0 spiro atoms. The molecule has 1 atom stereocenters. The SMILES string of the molecule is CN(Cc1ccccn1)c1ncc(S(C)(=O)=O)c([C@H]2CCCNC2)n1. The topological polar surface area (TPSA) is 88.1 Å². The fourth-order valence-electron chi connectivity index (χ4n) is 3.03. The van der Waals surface area contributed by atoms with E-state index in [2.05, 4.69) is 20.3 Å². The van der Waals surface area contributed by atoms with Gasteiger partial charge in [-0.25, -0.2) is 18.4 Å². The zero-order valence-electron chi connectivity index (χ0n) is 14.5. The lowest BCUT2D eigenvalue weighted by Crippen LogP contribution is -2.30. The van der Waals surface area contributed by atoms with E-state index in [4.69, 9.17) is 0 Å². The molecule has 0 aromatic carbocycles. The highest BCUT2D eigenvalue weighted by Crippen LogP contribution is 2.28. The van der Waals surface area contributed by atoms with Gasteiger partial charge in [0.1, 0.15) is 4.90 Å². The van der Waals surface area contributed by atoms with Crippen molar-refractivity contribution < 1.29 is 8.42 Å². The van der Waals surface area contributed by atoms with Crippen LogP contribution in [0.25, 0.3) is 0 Å². The van der Waals surface area contributed by atoms with Gasteiger partial charge in [-0.15, -0.1) is 0 Å². The molecule has 8 heteroatoms. The third kappa shape index (κ3) is 4.32. The number of aromatic nitrogens is 3. The molecule has 0 amide bonds. The van der Waals surface area contributed by atoms with E-state index in [1.807, 2.05) is 30.1 Å². The van der Waals surface area contributed by atoms with Crippen molar-refractivity contribution in [3.05, 3.63) is 42.0 Å². The molecule has 1 N–H and O–H groups in total. The maximum absolute atomic E-state index is 12.1. The molecule has 3 rings (SSSR count). The van der Waals surface area contributed by atoms with Gasteiger partial charge in [0, 0.05) is 32.0 Å². The Bertz CT molecular complexity index is 820. The predicted octanol–water partition coefficient (Wildman–Crippen LogP) is 1.38. The summed E-state index contributed by atoms with van der Waals surface area (Å²) in [5.74, 6) is 0.599. The lowest BCUT2D eigenvalue weighted by atomic mass is 9.96. The average Bonchev–Trinajstić information content (AvgIpc) is 2.62. The molecule has 0 aliphatic carbocycles. The van der Waals surface area contributed by atoms with Crippen LogP contribution in [0.4, 0.5) is 5.95 Å². The number of piperidine rings is 1. The minimum atomic E-state index is -3.37. The molecule has 2 aromatic heterocycles. The second-order valence-corrected chi connectivity index (χ2v) is 8.40. The van der Waals surface area contributed by atoms with Crippen LogP contribution in [0.5, 0.6) is 0 Å². The lowest BCUT2D eigenvalue weighted by Gasteiger charge is -2.25. The predicted molar refractivity (Wildman–Crippen MR) is 96.3 cm³/mol. The quantitative estimate of drug-likeness (QED) is 0.860. The Hall–Kier alpha value is -2.06. The van der Waals surface area contributed by atoms with Crippen LogP contribution < -0.4 is 10.2 Å². The molecule has 0 bridgehead atoms. The van der Waals surface area contributed by atoms with Crippen LogP contribution in [0.15, 0.2) is 35.5 Å². The Kier molecular flexibility index (Phi) is 5.29. The Morgan fingerprint density at radius 1 is 1.32 bits per heavy atom.